The molecule has 74 valence electrons. The molecular formula is C9H25NSi2. The zero-order valence-electron chi connectivity index (χ0n) is 9.65. The van der Waals surface area contributed by atoms with Gasteiger partial charge < -0.3 is 4.57 Å². The van der Waals surface area contributed by atoms with Gasteiger partial charge in [-0.3, -0.25) is 0 Å². The van der Waals surface area contributed by atoms with Gasteiger partial charge in [0.1, 0.15) is 0 Å². The summed E-state index contributed by atoms with van der Waals surface area (Å²) in [5.74, 6) is 0. The lowest BCUT2D eigenvalue weighted by Crippen LogP contribution is -2.39. The molecule has 1 unspecified atom stereocenters. The van der Waals surface area contributed by atoms with Crippen molar-refractivity contribution in [1.29, 1.82) is 0 Å². The first-order valence-corrected chi connectivity index (χ1v) is 10.2. The number of rotatable bonds is 5. The molecule has 0 aromatic rings. The highest BCUT2D eigenvalue weighted by molar-refractivity contribution is 6.84. The van der Waals surface area contributed by atoms with Gasteiger partial charge in [0.25, 0.3) is 0 Å². The molecule has 0 aromatic carbocycles. The number of hydrogen-bond acceptors (Lipinski definition) is 1. The normalized spacial score (nSPS) is 16.2. The second-order valence-electron chi connectivity index (χ2n) is 4.75. The molecule has 0 amide bonds. The third kappa shape index (κ3) is 4.43. The lowest BCUT2D eigenvalue weighted by atomic mass is 10.7. The van der Waals surface area contributed by atoms with Gasteiger partial charge in [-0.05, 0) is 18.3 Å². The second-order valence-corrected chi connectivity index (χ2v) is 13.8. The average Bonchev–Trinajstić information content (AvgIpc) is 1.97. The summed E-state index contributed by atoms with van der Waals surface area (Å²) in [6, 6.07) is 0. The maximum atomic E-state index is 2.67. The fourth-order valence-corrected chi connectivity index (χ4v) is 5.40. The molecule has 3 heteroatoms. The first kappa shape index (κ1) is 12.4. The standard InChI is InChI=1S/C9H25NSi2/c1-7-10(8-2)11-9(3)12(4,5)6/h9H,7-8,11H2,1-6H3. The summed E-state index contributed by atoms with van der Waals surface area (Å²) in [5.41, 5.74) is 0. The molecule has 12 heavy (non-hydrogen) atoms. The molecule has 0 aliphatic rings. The fraction of sp³-hybridized carbons (Fsp3) is 1.00. The van der Waals surface area contributed by atoms with Crippen LogP contribution in [-0.2, 0) is 0 Å². The molecule has 0 saturated heterocycles. The van der Waals surface area contributed by atoms with Gasteiger partial charge in [-0.25, -0.2) is 0 Å². The molecule has 0 spiro atoms. The molecule has 0 aliphatic heterocycles. The van der Waals surface area contributed by atoms with Crippen LogP contribution in [0.15, 0.2) is 0 Å². The molecule has 0 aliphatic carbocycles. The molecule has 0 aromatic heterocycles. The van der Waals surface area contributed by atoms with Crippen LogP contribution in [-0.4, -0.2) is 35.4 Å². The number of hydrogen-bond donors (Lipinski definition) is 0. The van der Waals surface area contributed by atoms with Crippen LogP contribution in [0.3, 0.4) is 0 Å². The Morgan fingerprint density at radius 3 is 1.83 bits per heavy atom. The van der Waals surface area contributed by atoms with Crippen molar-refractivity contribution in [2.45, 2.75) is 45.6 Å². The monoisotopic (exact) mass is 203 g/mol. The first-order valence-electron chi connectivity index (χ1n) is 5.14. The summed E-state index contributed by atoms with van der Waals surface area (Å²) in [7, 11) is -0.795. The molecule has 0 fully saturated rings. The quantitative estimate of drug-likeness (QED) is 0.619. The molecule has 1 atom stereocenters. The molecule has 0 radical (unpaired) electrons. The van der Waals surface area contributed by atoms with Gasteiger partial charge in [0, 0.05) is 8.07 Å². The predicted octanol–water partition coefficient (Wildman–Crippen LogP) is 2.10. The lowest BCUT2D eigenvalue weighted by Gasteiger charge is -2.30. The summed E-state index contributed by atoms with van der Waals surface area (Å²) < 4.78 is 2.67. The Bertz CT molecular complexity index is 116. The first-order chi connectivity index (χ1) is 5.41. The highest BCUT2D eigenvalue weighted by Crippen LogP contribution is 2.19. The van der Waals surface area contributed by atoms with Crippen LogP contribution < -0.4 is 0 Å². The minimum absolute atomic E-state index is 0.0405. The van der Waals surface area contributed by atoms with Crippen molar-refractivity contribution in [2.75, 3.05) is 13.1 Å². The van der Waals surface area contributed by atoms with Crippen molar-refractivity contribution in [1.82, 2.24) is 4.57 Å². The highest BCUT2D eigenvalue weighted by atomic mass is 28.4. The predicted molar refractivity (Wildman–Crippen MR) is 64.2 cm³/mol. The van der Waals surface area contributed by atoms with Gasteiger partial charge in [-0.1, -0.05) is 40.4 Å². The molecule has 0 saturated carbocycles. The van der Waals surface area contributed by atoms with E-state index in [1.165, 1.54) is 13.1 Å². The minimum Gasteiger partial charge on any atom is -0.330 e. The summed E-state index contributed by atoms with van der Waals surface area (Å²) in [5, 5.41) is 1.05. The van der Waals surface area contributed by atoms with E-state index in [9.17, 15) is 0 Å². The third-order valence-electron chi connectivity index (χ3n) is 2.90. The van der Waals surface area contributed by atoms with Crippen molar-refractivity contribution in [3.05, 3.63) is 0 Å². The Morgan fingerprint density at radius 2 is 1.58 bits per heavy atom. The van der Waals surface area contributed by atoms with Gasteiger partial charge in [-0.15, -0.1) is 0 Å². The second kappa shape index (κ2) is 5.19. The highest BCUT2D eigenvalue weighted by Gasteiger charge is 2.23. The fourth-order valence-electron chi connectivity index (χ4n) is 1.14. The summed E-state index contributed by atoms with van der Waals surface area (Å²) >= 11 is 0. The van der Waals surface area contributed by atoms with Crippen molar-refractivity contribution in [3.8, 4) is 0 Å². The Balaban J connectivity index is 3.90. The van der Waals surface area contributed by atoms with E-state index in [0.29, 0.717) is 0 Å². The molecule has 0 N–H and O–H groups in total. The van der Waals surface area contributed by atoms with E-state index < -0.39 is 8.07 Å². The summed E-state index contributed by atoms with van der Waals surface area (Å²) in [4.78, 5) is 0. The van der Waals surface area contributed by atoms with Gasteiger partial charge >= 0.3 is 0 Å². The molecular weight excluding hydrogens is 178 g/mol. The van der Waals surface area contributed by atoms with E-state index >= 15 is 0 Å². The Hall–Kier alpha value is 0.394. The van der Waals surface area contributed by atoms with Crippen LogP contribution in [0.25, 0.3) is 0 Å². The molecule has 0 bridgehead atoms. The van der Waals surface area contributed by atoms with Crippen LogP contribution >= 0.6 is 0 Å². The van der Waals surface area contributed by atoms with E-state index in [1.54, 1.807) is 0 Å². The largest absolute Gasteiger partial charge is 0.330 e. The smallest absolute Gasteiger partial charge is 0.0952 e. The Kier molecular flexibility index (Phi) is 5.36. The SMILES string of the molecule is CCN(CC)[SiH2]C(C)[Si](C)(C)C. The summed E-state index contributed by atoms with van der Waals surface area (Å²) in [6.07, 6.45) is 0. The van der Waals surface area contributed by atoms with Crippen LogP contribution in [0.2, 0.25) is 24.8 Å². The van der Waals surface area contributed by atoms with Crippen molar-refractivity contribution in [2.24, 2.45) is 0 Å². The van der Waals surface area contributed by atoms with Crippen molar-refractivity contribution in [3.63, 3.8) is 0 Å². The zero-order valence-corrected chi connectivity index (χ0v) is 12.1. The summed E-state index contributed by atoms with van der Waals surface area (Å²) in [6.45, 7) is 17.0. The maximum absolute atomic E-state index is 2.67. The van der Waals surface area contributed by atoms with E-state index in [4.69, 9.17) is 0 Å². The van der Waals surface area contributed by atoms with Crippen LogP contribution in [0.4, 0.5) is 0 Å². The van der Waals surface area contributed by atoms with E-state index in [0.717, 1.165) is 5.16 Å². The third-order valence-corrected chi connectivity index (χ3v) is 12.0. The maximum Gasteiger partial charge on any atom is 0.0952 e. The molecule has 0 rings (SSSR count). The van der Waals surface area contributed by atoms with Gasteiger partial charge in [-0.2, -0.15) is 0 Å². The molecule has 0 heterocycles. The van der Waals surface area contributed by atoms with Crippen molar-refractivity contribution >= 4 is 17.8 Å². The van der Waals surface area contributed by atoms with Crippen LogP contribution in [0.1, 0.15) is 20.8 Å². The van der Waals surface area contributed by atoms with Gasteiger partial charge in [0.2, 0.25) is 0 Å². The van der Waals surface area contributed by atoms with Gasteiger partial charge in [0.05, 0.1) is 9.68 Å². The Labute approximate surface area is 81.5 Å². The topological polar surface area (TPSA) is 3.24 Å². The van der Waals surface area contributed by atoms with Gasteiger partial charge in [0.15, 0.2) is 0 Å². The lowest BCUT2D eigenvalue weighted by molar-refractivity contribution is 0.490. The zero-order chi connectivity index (χ0) is 9.78. The van der Waals surface area contributed by atoms with E-state index in [2.05, 4.69) is 45.0 Å². The van der Waals surface area contributed by atoms with E-state index in [1.807, 2.05) is 0 Å². The minimum atomic E-state index is -0.836. The van der Waals surface area contributed by atoms with Crippen LogP contribution in [0.5, 0.6) is 0 Å². The van der Waals surface area contributed by atoms with Crippen LogP contribution in [0, 0.1) is 0 Å². The average molecular weight is 203 g/mol. The van der Waals surface area contributed by atoms with Crippen molar-refractivity contribution < 1.29 is 0 Å². The molecule has 1 nitrogen and oxygen atoms in total. The number of nitrogens with zero attached hydrogens (tertiary/aromatic N) is 1. The van der Waals surface area contributed by atoms with E-state index in [-0.39, 0.29) is 9.68 Å². The Morgan fingerprint density at radius 1 is 1.17 bits per heavy atom.